The van der Waals surface area contributed by atoms with Crippen molar-refractivity contribution in [3.05, 3.63) is 53.2 Å². The van der Waals surface area contributed by atoms with Crippen LogP contribution < -0.4 is 31.2 Å². The highest BCUT2D eigenvalue weighted by Crippen LogP contribution is 2.38. The molecule has 1 aliphatic heterocycles. The number of carboxylic acid groups (broad SMARTS) is 3. The van der Waals surface area contributed by atoms with Crippen LogP contribution in [0.15, 0.2) is 36.5 Å². The average Bonchev–Trinajstić information content (AvgIpc) is 3.10. The smallest absolute Gasteiger partial charge is 0.490 e. The first kappa shape index (κ1) is 47.4. The van der Waals surface area contributed by atoms with Crippen LogP contribution in [0.1, 0.15) is 41.3 Å². The number of halogens is 9. The van der Waals surface area contributed by atoms with Gasteiger partial charge in [-0.1, -0.05) is 19.1 Å². The van der Waals surface area contributed by atoms with E-state index in [9.17, 15) is 44.3 Å². The van der Waals surface area contributed by atoms with Gasteiger partial charge in [0.05, 0.1) is 31.0 Å². The van der Waals surface area contributed by atoms with E-state index < -0.39 is 42.3 Å². The predicted octanol–water partition coefficient (Wildman–Crippen LogP) is 5.40. The van der Waals surface area contributed by atoms with Crippen LogP contribution >= 0.6 is 0 Å². The molecule has 8 N–H and O–H groups in total. The van der Waals surface area contributed by atoms with Crippen molar-refractivity contribution in [1.29, 1.82) is 0 Å². The number of nitrogens with two attached hydrogens (primary N) is 1. The fourth-order valence-corrected chi connectivity index (χ4v) is 4.59. The van der Waals surface area contributed by atoms with Crippen LogP contribution in [0.25, 0.3) is 10.9 Å². The Balaban J connectivity index is 0.000000588. The van der Waals surface area contributed by atoms with Gasteiger partial charge in [-0.05, 0) is 55.6 Å². The number of anilines is 2. The number of hydrogen-bond acceptors (Lipinski definition) is 10. The van der Waals surface area contributed by atoms with Crippen molar-refractivity contribution in [2.45, 2.75) is 57.3 Å². The lowest BCUT2D eigenvalue weighted by atomic mass is 10.00. The number of methoxy groups -OCH3 is 2. The van der Waals surface area contributed by atoms with E-state index in [-0.39, 0.29) is 0 Å². The maximum absolute atomic E-state index is 12.3. The molecule has 14 nitrogen and oxygen atoms in total. The Kier molecular flexibility index (Phi) is 17.9. The molecule has 0 saturated carbocycles. The second-order valence-electron chi connectivity index (χ2n) is 10.9. The van der Waals surface area contributed by atoms with Gasteiger partial charge in [0.2, 0.25) is 0 Å². The fourth-order valence-electron chi connectivity index (χ4n) is 4.59. The van der Waals surface area contributed by atoms with Gasteiger partial charge in [-0.25, -0.2) is 14.4 Å². The van der Waals surface area contributed by atoms with Gasteiger partial charge in [-0.15, -0.1) is 0 Å². The number of aliphatic carboxylic acids is 3. The molecule has 3 aromatic rings. The first-order chi connectivity index (χ1) is 25.4. The monoisotopic (exact) mass is 805 g/mol. The van der Waals surface area contributed by atoms with Crippen molar-refractivity contribution in [3.63, 3.8) is 0 Å². The van der Waals surface area contributed by atoms with Gasteiger partial charge >= 0.3 is 36.4 Å². The molecule has 0 unspecified atom stereocenters. The molecule has 0 bridgehead atoms. The number of aromatic nitrogens is 1. The van der Waals surface area contributed by atoms with Crippen molar-refractivity contribution in [2.24, 2.45) is 5.73 Å². The number of rotatable bonds is 9. The summed E-state index contributed by atoms with van der Waals surface area (Å²) in [6.07, 6.45) is -10.6. The normalized spacial score (nSPS) is 13.1. The summed E-state index contributed by atoms with van der Waals surface area (Å²) < 4.78 is 106. The van der Waals surface area contributed by atoms with Crippen LogP contribution in [0.5, 0.6) is 11.5 Å². The molecule has 1 amide bonds. The maximum Gasteiger partial charge on any atom is 0.490 e. The third-order valence-corrected chi connectivity index (χ3v) is 7.17. The Morgan fingerprint density at radius 2 is 1.33 bits per heavy atom. The molecule has 1 aliphatic rings. The zero-order valence-corrected chi connectivity index (χ0v) is 29.0. The van der Waals surface area contributed by atoms with E-state index in [1.54, 1.807) is 20.3 Å². The average molecular weight is 806 g/mol. The molecule has 55 heavy (non-hydrogen) atoms. The van der Waals surface area contributed by atoms with Gasteiger partial charge in [0.1, 0.15) is 0 Å². The molecule has 2 heterocycles. The number of hydrogen-bond donors (Lipinski definition) is 7. The SMILES string of the molecule is CCc1c(CNC2CCNCC2)cccc1Nc1c(C(N)=O)cnc2cc(OC)c(OC)cc12.O=C(O)C(F)(F)F.O=C(O)C(F)(F)F.O=C(O)C(F)(F)F. The Hall–Kier alpha value is -5.58. The van der Waals surface area contributed by atoms with E-state index >= 15 is 0 Å². The molecular weight excluding hydrogens is 769 g/mol. The molecule has 1 saturated heterocycles. The van der Waals surface area contributed by atoms with Crippen molar-refractivity contribution in [2.75, 3.05) is 32.6 Å². The molecule has 1 fully saturated rings. The molecule has 306 valence electrons. The van der Waals surface area contributed by atoms with E-state index in [0.717, 1.165) is 50.0 Å². The molecule has 2 aromatic carbocycles. The lowest BCUT2D eigenvalue weighted by molar-refractivity contribution is -0.193. The van der Waals surface area contributed by atoms with Crippen molar-refractivity contribution >= 4 is 46.1 Å². The number of amides is 1. The summed E-state index contributed by atoms with van der Waals surface area (Å²) in [6.45, 7) is 5.05. The standard InChI is InChI=1S/C26H33N5O3.3C2HF3O2/c1-4-18-16(14-29-17-8-10-28-11-9-17)6-5-7-21(18)31-25-19-12-23(33-2)24(34-3)13-22(19)30-15-20(25)26(27)32;3*3-2(4,5)1(6)7/h5-7,12-13,15,17,28-29H,4,8-11,14H2,1-3H3,(H2,27,32)(H,30,31);3*(H,6,7). The number of piperidine rings is 1. The van der Waals surface area contributed by atoms with E-state index in [1.165, 1.54) is 17.3 Å². The summed E-state index contributed by atoms with van der Waals surface area (Å²) in [6, 6.07) is 10.4. The number of carboxylic acids is 3. The van der Waals surface area contributed by atoms with Crippen molar-refractivity contribution < 1.29 is 83.5 Å². The molecule has 4 rings (SSSR count). The van der Waals surface area contributed by atoms with Gasteiger partial charge in [-0.3, -0.25) is 9.78 Å². The maximum atomic E-state index is 12.3. The van der Waals surface area contributed by atoms with Crippen LogP contribution in [-0.4, -0.2) is 96.0 Å². The van der Waals surface area contributed by atoms with Gasteiger partial charge in [0.25, 0.3) is 5.91 Å². The summed E-state index contributed by atoms with van der Waals surface area (Å²) in [7, 11) is 3.16. The Bertz CT molecular complexity index is 1720. The second-order valence-corrected chi connectivity index (χ2v) is 10.9. The number of carbonyl (C=O) groups excluding carboxylic acids is 1. The fraction of sp³-hybridized carbons (Fsp3) is 0.406. The molecule has 0 spiro atoms. The third kappa shape index (κ3) is 15.4. The molecule has 0 aliphatic carbocycles. The molecule has 0 radical (unpaired) electrons. The predicted molar refractivity (Wildman–Crippen MR) is 176 cm³/mol. The zero-order valence-electron chi connectivity index (χ0n) is 29.0. The summed E-state index contributed by atoms with van der Waals surface area (Å²) in [5.74, 6) is -7.70. The van der Waals surface area contributed by atoms with Gasteiger partial charge in [0.15, 0.2) is 11.5 Å². The van der Waals surface area contributed by atoms with Gasteiger partial charge < -0.3 is 46.5 Å². The van der Waals surface area contributed by atoms with Crippen LogP contribution in [-0.2, 0) is 27.3 Å². The highest BCUT2D eigenvalue weighted by molar-refractivity contribution is 6.08. The van der Waals surface area contributed by atoms with Gasteiger partial charge in [0, 0.05) is 35.9 Å². The van der Waals surface area contributed by atoms with Crippen LogP contribution in [0.4, 0.5) is 50.9 Å². The Morgan fingerprint density at radius 1 is 0.855 bits per heavy atom. The van der Waals surface area contributed by atoms with Gasteiger partial charge in [-0.2, -0.15) is 39.5 Å². The van der Waals surface area contributed by atoms with E-state index in [2.05, 4.69) is 33.9 Å². The van der Waals surface area contributed by atoms with Crippen LogP contribution in [0.3, 0.4) is 0 Å². The van der Waals surface area contributed by atoms with Crippen molar-refractivity contribution in [1.82, 2.24) is 15.6 Å². The summed E-state index contributed by atoms with van der Waals surface area (Å²) in [4.78, 5) is 43.4. The number of primary amides is 1. The summed E-state index contributed by atoms with van der Waals surface area (Å²) >= 11 is 0. The van der Waals surface area contributed by atoms with Crippen molar-refractivity contribution in [3.8, 4) is 11.5 Å². The van der Waals surface area contributed by atoms with E-state index in [0.29, 0.717) is 34.3 Å². The molecule has 23 heteroatoms. The Labute approximate surface area is 305 Å². The number of nitrogens with zero attached hydrogens (tertiary/aromatic N) is 1. The minimum Gasteiger partial charge on any atom is -0.493 e. The summed E-state index contributed by atoms with van der Waals surface area (Å²) in [5, 5.41) is 32.7. The molecule has 1 aromatic heterocycles. The lowest BCUT2D eigenvalue weighted by Crippen LogP contribution is -2.39. The highest BCUT2D eigenvalue weighted by atomic mass is 19.4. The number of benzene rings is 2. The molecule has 0 atom stereocenters. The zero-order chi connectivity index (χ0) is 42.3. The minimum absolute atomic E-state index is 0.319. The first-order valence-corrected chi connectivity index (χ1v) is 15.5. The number of alkyl halides is 9. The second kappa shape index (κ2) is 20.8. The summed E-state index contributed by atoms with van der Waals surface area (Å²) in [5.41, 5.74) is 10.7. The minimum atomic E-state index is -5.08. The van der Waals surface area contributed by atoms with E-state index in [4.69, 9.17) is 44.9 Å². The number of ether oxygens (including phenoxy) is 2. The Morgan fingerprint density at radius 3 is 1.75 bits per heavy atom. The highest BCUT2D eigenvalue weighted by Gasteiger charge is 2.39. The number of carbonyl (C=O) groups is 4. The number of fused-ring (bicyclic) bond motifs is 1. The first-order valence-electron chi connectivity index (χ1n) is 15.5. The largest absolute Gasteiger partial charge is 0.493 e. The number of pyridine rings is 1. The van der Waals surface area contributed by atoms with Crippen LogP contribution in [0.2, 0.25) is 0 Å². The van der Waals surface area contributed by atoms with Crippen LogP contribution in [0, 0.1) is 0 Å². The quantitative estimate of drug-likeness (QED) is 0.135. The van der Waals surface area contributed by atoms with E-state index in [1.807, 2.05) is 18.2 Å². The lowest BCUT2D eigenvalue weighted by Gasteiger charge is -2.25. The number of nitrogens with one attached hydrogen (secondary N) is 3. The molecular formula is C32H36F9N5O9. The third-order valence-electron chi connectivity index (χ3n) is 7.17. The topological polar surface area (TPSA) is 222 Å².